The monoisotopic (exact) mass is 251 g/mol. The van der Waals surface area contributed by atoms with Crippen molar-refractivity contribution in [2.24, 2.45) is 11.7 Å². The number of hydrogen-bond donors (Lipinski definition) is 2. The summed E-state index contributed by atoms with van der Waals surface area (Å²) < 4.78 is 0. The van der Waals surface area contributed by atoms with Gasteiger partial charge >= 0.3 is 0 Å². The number of H-pyrrole nitrogens is 1. The van der Waals surface area contributed by atoms with Crippen LogP contribution < -0.4 is 5.73 Å². The maximum atomic E-state index is 12.2. The molecule has 0 bridgehead atoms. The molecule has 3 N–H and O–H groups in total. The number of carbonyl (C=O) groups is 1. The van der Waals surface area contributed by atoms with Gasteiger partial charge < -0.3 is 10.6 Å². The number of hydrogen-bond acceptors (Lipinski definition) is 4. The molecule has 1 aromatic rings. The number of likely N-dealkylation sites (tertiary alicyclic amines) is 1. The van der Waals surface area contributed by atoms with Gasteiger partial charge in [-0.3, -0.25) is 9.89 Å². The number of nitrogens with two attached hydrogens (primary N) is 1. The molecule has 2 heterocycles. The highest BCUT2D eigenvalue weighted by Crippen LogP contribution is 2.20. The molecule has 1 aliphatic heterocycles. The first-order chi connectivity index (χ1) is 8.61. The molecule has 0 aromatic carbocycles. The number of aromatic nitrogens is 3. The van der Waals surface area contributed by atoms with Crippen LogP contribution in [-0.2, 0) is 6.42 Å². The molecule has 1 atom stereocenters. The van der Waals surface area contributed by atoms with E-state index in [9.17, 15) is 4.79 Å². The van der Waals surface area contributed by atoms with E-state index in [2.05, 4.69) is 15.2 Å². The van der Waals surface area contributed by atoms with Crippen LogP contribution in [0.15, 0.2) is 0 Å². The molecule has 6 heteroatoms. The minimum Gasteiger partial charge on any atom is -0.336 e. The quantitative estimate of drug-likeness (QED) is 0.822. The molecule has 1 aliphatic rings. The molecule has 1 aromatic heterocycles. The van der Waals surface area contributed by atoms with Crippen molar-refractivity contribution in [2.45, 2.75) is 39.2 Å². The lowest BCUT2D eigenvalue weighted by atomic mass is 9.91. The second-order valence-corrected chi connectivity index (χ2v) is 4.95. The normalized spacial score (nSPS) is 18.9. The zero-order valence-electron chi connectivity index (χ0n) is 11.0. The predicted molar refractivity (Wildman–Crippen MR) is 68.0 cm³/mol. The molecule has 6 nitrogen and oxygen atoms in total. The first-order valence-electron chi connectivity index (χ1n) is 6.58. The SMILES string of the molecule is CCc1nc(C(=O)N2CCC(C(C)N)CC2)n[nH]1. The van der Waals surface area contributed by atoms with Gasteiger partial charge in [-0.2, -0.15) is 0 Å². The highest BCUT2D eigenvalue weighted by Gasteiger charge is 2.27. The van der Waals surface area contributed by atoms with Gasteiger partial charge in [-0.15, -0.1) is 5.10 Å². The first kappa shape index (κ1) is 13.0. The van der Waals surface area contributed by atoms with Crippen molar-refractivity contribution >= 4 is 5.91 Å². The van der Waals surface area contributed by atoms with Crippen molar-refractivity contribution in [3.05, 3.63) is 11.6 Å². The van der Waals surface area contributed by atoms with Crippen LogP contribution in [0.5, 0.6) is 0 Å². The maximum absolute atomic E-state index is 12.2. The molecule has 2 rings (SSSR count). The van der Waals surface area contributed by atoms with E-state index in [-0.39, 0.29) is 17.8 Å². The number of amides is 1. The van der Waals surface area contributed by atoms with Crippen molar-refractivity contribution in [3.63, 3.8) is 0 Å². The number of aromatic amines is 1. The lowest BCUT2D eigenvalue weighted by molar-refractivity contribution is 0.0669. The second-order valence-electron chi connectivity index (χ2n) is 4.95. The average Bonchev–Trinajstić information content (AvgIpc) is 2.86. The molecule has 0 aliphatic carbocycles. The molecule has 1 saturated heterocycles. The number of aryl methyl sites for hydroxylation is 1. The summed E-state index contributed by atoms with van der Waals surface area (Å²) in [5.41, 5.74) is 5.89. The van der Waals surface area contributed by atoms with E-state index in [4.69, 9.17) is 5.73 Å². The summed E-state index contributed by atoms with van der Waals surface area (Å²) in [6, 6.07) is 0.206. The van der Waals surface area contributed by atoms with Gasteiger partial charge in [0.25, 0.3) is 5.91 Å². The van der Waals surface area contributed by atoms with Gasteiger partial charge in [0.15, 0.2) is 0 Å². The third kappa shape index (κ3) is 2.69. The van der Waals surface area contributed by atoms with E-state index in [0.717, 1.165) is 38.2 Å². The summed E-state index contributed by atoms with van der Waals surface area (Å²) in [5.74, 6) is 1.48. The Balaban J connectivity index is 1.95. The number of nitrogens with one attached hydrogen (secondary N) is 1. The summed E-state index contributed by atoms with van der Waals surface area (Å²) in [6.45, 7) is 5.51. The van der Waals surface area contributed by atoms with Crippen molar-refractivity contribution in [1.29, 1.82) is 0 Å². The van der Waals surface area contributed by atoms with E-state index in [0.29, 0.717) is 5.92 Å². The predicted octanol–water partition coefficient (Wildman–Crippen LogP) is 0.566. The van der Waals surface area contributed by atoms with Gasteiger partial charge in [0, 0.05) is 25.6 Å². The standard InChI is InChI=1S/C12H21N5O/c1-3-10-14-11(16-15-10)12(18)17-6-4-9(5-7-17)8(2)13/h8-9H,3-7,13H2,1-2H3,(H,14,15,16). The Morgan fingerprint density at radius 3 is 2.72 bits per heavy atom. The Morgan fingerprint density at radius 1 is 1.56 bits per heavy atom. The number of rotatable bonds is 3. The fourth-order valence-corrected chi connectivity index (χ4v) is 2.32. The van der Waals surface area contributed by atoms with Crippen LogP contribution in [-0.4, -0.2) is 45.1 Å². The van der Waals surface area contributed by atoms with Crippen LogP contribution >= 0.6 is 0 Å². The molecule has 18 heavy (non-hydrogen) atoms. The Kier molecular flexibility index (Phi) is 3.96. The van der Waals surface area contributed by atoms with Gasteiger partial charge in [0.1, 0.15) is 5.82 Å². The topological polar surface area (TPSA) is 87.9 Å². The van der Waals surface area contributed by atoms with Gasteiger partial charge in [-0.1, -0.05) is 6.92 Å². The Labute approximate surface area is 107 Å². The fraction of sp³-hybridized carbons (Fsp3) is 0.750. The summed E-state index contributed by atoms with van der Waals surface area (Å²) >= 11 is 0. The molecule has 1 amide bonds. The Morgan fingerprint density at radius 2 is 2.22 bits per heavy atom. The van der Waals surface area contributed by atoms with Gasteiger partial charge in [0.2, 0.25) is 5.82 Å². The molecule has 0 saturated carbocycles. The van der Waals surface area contributed by atoms with Crippen molar-refractivity contribution < 1.29 is 4.79 Å². The number of carbonyl (C=O) groups excluding carboxylic acids is 1. The molecular weight excluding hydrogens is 230 g/mol. The van der Waals surface area contributed by atoms with Crippen molar-refractivity contribution in [1.82, 2.24) is 20.1 Å². The van der Waals surface area contributed by atoms with Crippen LogP contribution in [0, 0.1) is 5.92 Å². The molecule has 1 unspecified atom stereocenters. The Bertz CT molecular complexity index is 406. The summed E-state index contributed by atoms with van der Waals surface area (Å²) in [4.78, 5) is 18.2. The second kappa shape index (κ2) is 5.48. The minimum absolute atomic E-state index is 0.0749. The number of piperidine rings is 1. The zero-order chi connectivity index (χ0) is 13.1. The zero-order valence-corrected chi connectivity index (χ0v) is 11.0. The van der Waals surface area contributed by atoms with Gasteiger partial charge in [-0.05, 0) is 25.7 Å². The van der Waals surface area contributed by atoms with Crippen molar-refractivity contribution in [3.8, 4) is 0 Å². The average molecular weight is 251 g/mol. The van der Waals surface area contributed by atoms with E-state index in [1.807, 2.05) is 18.7 Å². The smallest absolute Gasteiger partial charge is 0.293 e. The molecule has 0 spiro atoms. The molecule has 100 valence electrons. The van der Waals surface area contributed by atoms with E-state index < -0.39 is 0 Å². The highest BCUT2D eigenvalue weighted by atomic mass is 16.2. The molecule has 0 radical (unpaired) electrons. The number of nitrogens with zero attached hydrogens (tertiary/aromatic N) is 3. The highest BCUT2D eigenvalue weighted by molar-refractivity contribution is 5.90. The van der Waals surface area contributed by atoms with E-state index >= 15 is 0 Å². The summed E-state index contributed by atoms with van der Waals surface area (Å²) in [7, 11) is 0. The molecular formula is C12H21N5O. The third-order valence-corrected chi connectivity index (χ3v) is 3.63. The van der Waals surface area contributed by atoms with Crippen LogP contribution in [0.2, 0.25) is 0 Å². The van der Waals surface area contributed by atoms with Crippen LogP contribution in [0.4, 0.5) is 0 Å². The van der Waals surface area contributed by atoms with Crippen LogP contribution in [0.1, 0.15) is 43.1 Å². The van der Waals surface area contributed by atoms with E-state index in [1.54, 1.807) is 0 Å². The summed E-state index contributed by atoms with van der Waals surface area (Å²) in [6.07, 6.45) is 2.69. The Hall–Kier alpha value is -1.43. The first-order valence-corrected chi connectivity index (χ1v) is 6.58. The maximum Gasteiger partial charge on any atom is 0.293 e. The van der Waals surface area contributed by atoms with Gasteiger partial charge in [-0.25, -0.2) is 4.98 Å². The van der Waals surface area contributed by atoms with Crippen molar-refractivity contribution in [2.75, 3.05) is 13.1 Å². The summed E-state index contributed by atoms with van der Waals surface area (Å²) in [5, 5.41) is 6.74. The van der Waals surface area contributed by atoms with Crippen LogP contribution in [0.3, 0.4) is 0 Å². The molecule has 1 fully saturated rings. The van der Waals surface area contributed by atoms with E-state index in [1.165, 1.54) is 0 Å². The fourth-order valence-electron chi connectivity index (χ4n) is 2.32. The van der Waals surface area contributed by atoms with Gasteiger partial charge in [0.05, 0.1) is 0 Å². The minimum atomic E-state index is -0.0749. The lowest BCUT2D eigenvalue weighted by Gasteiger charge is -2.33. The largest absolute Gasteiger partial charge is 0.336 e. The lowest BCUT2D eigenvalue weighted by Crippen LogP contribution is -2.42. The van der Waals surface area contributed by atoms with Crippen LogP contribution in [0.25, 0.3) is 0 Å². The third-order valence-electron chi connectivity index (χ3n) is 3.63.